The molecule has 6 rings (SSSR count). The van der Waals surface area contributed by atoms with Gasteiger partial charge in [-0.25, -0.2) is 4.79 Å². The molecule has 1 atom stereocenters. The molecule has 0 amide bonds. The number of nitrogens with zero attached hydrogens (tertiary/aromatic N) is 1. The number of dihydropyridines is 1. The summed E-state index contributed by atoms with van der Waals surface area (Å²) >= 11 is 6.29. The molecule has 0 unspecified atom stereocenters. The quantitative estimate of drug-likeness (QED) is 0.324. The molecule has 1 aromatic heterocycles. The molecule has 0 saturated carbocycles. The van der Waals surface area contributed by atoms with Crippen molar-refractivity contribution in [2.45, 2.75) is 26.3 Å². The summed E-state index contributed by atoms with van der Waals surface area (Å²) in [7, 11) is 1.38. The lowest BCUT2D eigenvalue weighted by atomic mass is 9.78. The minimum atomic E-state index is -0.575. The van der Waals surface area contributed by atoms with E-state index in [-0.39, 0.29) is 5.78 Å². The van der Waals surface area contributed by atoms with Crippen molar-refractivity contribution in [3.63, 3.8) is 0 Å². The van der Waals surface area contributed by atoms with Crippen molar-refractivity contribution in [1.29, 1.82) is 0 Å². The molecule has 2 heterocycles. The zero-order chi connectivity index (χ0) is 25.8. The Morgan fingerprint density at radius 1 is 1.00 bits per heavy atom. The number of aromatic nitrogens is 1. The fourth-order valence-corrected chi connectivity index (χ4v) is 6.05. The van der Waals surface area contributed by atoms with E-state index in [2.05, 4.69) is 28.9 Å². The van der Waals surface area contributed by atoms with Gasteiger partial charge in [0.15, 0.2) is 5.78 Å². The van der Waals surface area contributed by atoms with Crippen LogP contribution in [0.15, 0.2) is 89.6 Å². The van der Waals surface area contributed by atoms with E-state index >= 15 is 0 Å². The van der Waals surface area contributed by atoms with Crippen molar-refractivity contribution in [2.24, 2.45) is 0 Å². The number of methoxy groups -OCH3 is 1. The molecule has 184 valence electrons. The highest BCUT2D eigenvalue weighted by atomic mass is 35.5. The summed E-state index contributed by atoms with van der Waals surface area (Å²) in [6.45, 7) is 4.53. The predicted molar refractivity (Wildman–Crippen MR) is 146 cm³/mol. The molecule has 0 radical (unpaired) electrons. The largest absolute Gasteiger partial charge is 0.466 e. The SMILES string of the molecule is COC(=O)C1=C(C)NC2=C(C(=O)c3ccccc32)[C@@H]1c1c(C)n(Cc2cccc(Cl)c2)c2ccccc12. The van der Waals surface area contributed by atoms with E-state index in [1.165, 1.54) is 7.11 Å². The normalized spacial score (nSPS) is 16.6. The summed E-state index contributed by atoms with van der Waals surface area (Å²) in [5.41, 5.74) is 8.01. The highest BCUT2D eigenvalue weighted by molar-refractivity contribution is 6.30. The van der Waals surface area contributed by atoms with Gasteiger partial charge in [0, 0.05) is 50.6 Å². The van der Waals surface area contributed by atoms with Crippen LogP contribution >= 0.6 is 11.6 Å². The van der Waals surface area contributed by atoms with Gasteiger partial charge < -0.3 is 14.6 Å². The molecular formula is C31H25ClN2O3. The molecule has 0 saturated heterocycles. The standard InChI is InChI=1S/C31H25ClN2O3/c1-17-25(31(36)37-3)27(28-29(33-17)21-11-4-5-12-22(21)30(28)35)26-18(2)34(24-14-7-6-13-23(24)26)16-19-9-8-10-20(32)15-19/h4-15,27,33H,16H2,1-3H3/t27-/m0/s1. The third-order valence-electron chi connectivity index (χ3n) is 7.45. The second kappa shape index (κ2) is 8.79. The number of Topliss-reactive ketones (excluding diaryl/α,β-unsaturated/α-hetero) is 1. The van der Waals surface area contributed by atoms with Crippen molar-refractivity contribution in [1.82, 2.24) is 9.88 Å². The van der Waals surface area contributed by atoms with E-state index < -0.39 is 11.9 Å². The minimum absolute atomic E-state index is 0.0666. The Labute approximate surface area is 220 Å². The number of ether oxygens (including phenoxy) is 1. The molecule has 5 nitrogen and oxygen atoms in total. The van der Waals surface area contributed by atoms with Crippen LogP contribution in [0.1, 0.15) is 45.6 Å². The molecule has 4 aromatic rings. The van der Waals surface area contributed by atoms with Gasteiger partial charge >= 0.3 is 5.97 Å². The summed E-state index contributed by atoms with van der Waals surface area (Å²) < 4.78 is 7.48. The molecule has 37 heavy (non-hydrogen) atoms. The Balaban J connectivity index is 1.62. The highest BCUT2D eigenvalue weighted by Crippen LogP contribution is 2.49. The molecule has 1 N–H and O–H groups in total. The number of esters is 1. The first-order valence-corrected chi connectivity index (χ1v) is 12.5. The summed E-state index contributed by atoms with van der Waals surface area (Å²) in [5.74, 6) is -1.09. The van der Waals surface area contributed by atoms with Crippen molar-refractivity contribution < 1.29 is 14.3 Å². The van der Waals surface area contributed by atoms with Crippen LogP contribution in [0.25, 0.3) is 16.6 Å². The van der Waals surface area contributed by atoms with Crippen LogP contribution in [-0.2, 0) is 16.1 Å². The highest BCUT2D eigenvalue weighted by Gasteiger charge is 2.44. The number of para-hydroxylation sites is 1. The zero-order valence-electron chi connectivity index (χ0n) is 20.8. The molecule has 3 aromatic carbocycles. The van der Waals surface area contributed by atoms with E-state index in [4.69, 9.17) is 16.3 Å². The van der Waals surface area contributed by atoms with E-state index in [1.807, 2.05) is 67.6 Å². The van der Waals surface area contributed by atoms with Crippen LogP contribution in [0.5, 0.6) is 0 Å². The zero-order valence-corrected chi connectivity index (χ0v) is 21.5. The van der Waals surface area contributed by atoms with Crippen LogP contribution in [0.2, 0.25) is 5.02 Å². The van der Waals surface area contributed by atoms with Gasteiger partial charge in [0.25, 0.3) is 0 Å². The maximum absolute atomic E-state index is 13.9. The lowest BCUT2D eigenvalue weighted by Gasteiger charge is -2.29. The van der Waals surface area contributed by atoms with Gasteiger partial charge in [0.1, 0.15) is 0 Å². The number of halogens is 1. The molecule has 0 bridgehead atoms. The van der Waals surface area contributed by atoms with E-state index in [0.717, 1.165) is 39.0 Å². The lowest BCUT2D eigenvalue weighted by molar-refractivity contribution is -0.136. The van der Waals surface area contributed by atoms with Crippen molar-refractivity contribution in [2.75, 3.05) is 7.11 Å². The predicted octanol–water partition coefficient (Wildman–Crippen LogP) is 6.39. The van der Waals surface area contributed by atoms with Crippen LogP contribution in [0.3, 0.4) is 0 Å². The number of allylic oxidation sites excluding steroid dienone is 2. The fraction of sp³-hybridized carbons (Fsp3) is 0.161. The Hall–Kier alpha value is -4.09. The average Bonchev–Trinajstić information content (AvgIpc) is 3.34. The summed E-state index contributed by atoms with van der Waals surface area (Å²) in [6, 6.07) is 23.5. The number of carbonyl (C=O) groups excluding carboxylic acids is 2. The van der Waals surface area contributed by atoms with Crippen LogP contribution < -0.4 is 5.32 Å². The van der Waals surface area contributed by atoms with Gasteiger partial charge in [0.05, 0.1) is 24.3 Å². The first-order chi connectivity index (χ1) is 17.9. The number of hydrogen-bond acceptors (Lipinski definition) is 4. The summed E-state index contributed by atoms with van der Waals surface area (Å²) in [6.07, 6.45) is 0. The number of ketones is 1. The number of fused-ring (bicyclic) bond motifs is 3. The first-order valence-electron chi connectivity index (χ1n) is 12.2. The van der Waals surface area contributed by atoms with Gasteiger partial charge in [0.2, 0.25) is 0 Å². The van der Waals surface area contributed by atoms with E-state index in [9.17, 15) is 9.59 Å². The molecule has 1 aliphatic heterocycles. The Bertz CT molecular complexity index is 1690. The Kier molecular flexibility index (Phi) is 5.54. The number of benzene rings is 3. The smallest absolute Gasteiger partial charge is 0.336 e. The van der Waals surface area contributed by atoms with Crippen LogP contribution in [0, 0.1) is 6.92 Å². The monoisotopic (exact) mass is 508 g/mol. The van der Waals surface area contributed by atoms with Crippen molar-refractivity contribution in [3.8, 4) is 0 Å². The van der Waals surface area contributed by atoms with Crippen molar-refractivity contribution in [3.05, 3.63) is 123 Å². The lowest BCUT2D eigenvalue weighted by Crippen LogP contribution is -2.29. The van der Waals surface area contributed by atoms with Gasteiger partial charge in [-0.3, -0.25) is 4.79 Å². The summed E-state index contributed by atoms with van der Waals surface area (Å²) in [4.78, 5) is 27.1. The number of rotatable bonds is 4. The maximum atomic E-state index is 13.9. The average molecular weight is 509 g/mol. The second-order valence-electron chi connectivity index (χ2n) is 9.48. The minimum Gasteiger partial charge on any atom is -0.466 e. The van der Waals surface area contributed by atoms with Gasteiger partial charge in [-0.2, -0.15) is 0 Å². The molecule has 0 spiro atoms. The van der Waals surface area contributed by atoms with Gasteiger partial charge in [-0.15, -0.1) is 0 Å². The van der Waals surface area contributed by atoms with Crippen LogP contribution in [-0.4, -0.2) is 23.4 Å². The Morgan fingerprint density at radius 3 is 2.49 bits per heavy atom. The van der Waals surface area contributed by atoms with Gasteiger partial charge in [-0.1, -0.05) is 66.2 Å². The molecule has 6 heteroatoms. The third-order valence-corrected chi connectivity index (χ3v) is 7.69. The fourth-order valence-electron chi connectivity index (χ4n) is 5.84. The van der Waals surface area contributed by atoms with E-state index in [0.29, 0.717) is 34.0 Å². The maximum Gasteiger partial charge on any atom is 0.336 e. The first kappa shape index (κ1) is 23.3. The summed E-state index contributed by atoms with van der Waals surface area (Å²) in [5, 5.41) is 5.05. The number of hydrogen-bond donors (Lipinski definition) is 1. The molecule has 0 fully saturated rings. The Morgan fingerprint density at radius 2 is 1.73 bits per heavy atom. The molecule has 2 aliphatic rings. The van der Waals surface area contributed by atoms with E-state index in [1.54, 1.807) is 0 Å². The van der Waals surface area contributed by atoms with Crippen LogP contribution in [0.4, 0.5) is 0 Å². The number of carbonyl (C=O) groups is 2. The molecule has 1 aliphatic carbocycles. The molecular weight excluding hydrogens is 484 g/mol. The number of nitrogens with one attached hydrogen (secondary N) is 1. The van der Waals surface area contributed by atoms with Gasteiger partial charge in [-0.05, 0) is 43.2 Å². The van der Waals surface area contributed by atoms with Crippen molar-refractivity contribution >= 4 is 40.0 Å². The third kappa shape index (κ3) is 3.53. The second-order valence-corrected chi connectivity index (χ2v) is 9.92. The topological polar surface area (TPSA) is 60.3 Å².